The van der Waals surface area contributed by atoms with E-state index in [0.29, 0.717) is 18.2 Å². The van der Waals surface area contributed by atoms with Crippen molar-refractivity contribution in [1.82, 2.24) is 19.7 Å². The van der Waals surface area contributed by atoms with E-state index in [1.165, 1.54) is 11.1 Å². The largest absolute Gasteiger partial charge is 0.481 e. The Kier molecular flexibility index (Phi) is 5.14. The topological polar surface area (TPSA) is 104 Å². The number of hydrogen-bond donors (Lipinski definition) is 2. The van der Waals surface area contributed by atoms with Gasteiger partial charge in [-0.15, -0.1) is 0 Å². The predicted molar refractivity (Wildman–Crippen MR) is 133 cm³/mol. The van der Waals surface area contributed by atoms with Gasteiger partial charge < -0.3 is 15.1 Å². The summed E-state index contributed by atoms with van der Waals surface area (Å²) in [5, 5.41) is 25.7. The first-order chi connectivity index (χ1) is 16.7. The number of benzene rings is 1. The van der Waals surface area contributed by atoms with Crippen LogP contribution < -0.4 is 4.90 Å². The highest BCUT2D eigenvalue weighted by atomic mass is 16.4. The molecule has 3 unspecified atom stereocenters. The number of piperidine rings is 1. The number of anilines is 1. The summed E-state index contributed by atoms with van der Waals surface area (Å²) in [4.78, 5) is 23.3. The Hall–Kier alpha value is -3.00. The Morgan fingerprint density at radius 1 is 1.09 bits per heavy atom. The van der Waals surface area contributed by atoms with Crippen molar-refractivity contribution >= 4 is 22.7 Å². The third-order valence-corrected chi connectivity index (χ3v) is 8.64. The van der Waals surface area contributed by atoms with E-state index in [1.54, 1.807) is 0 Å². The number of nitrogens with zero attached hydrogens (tertiary/aromatic N) is 5. The van der Waals surface area contributed by atoms with Crippen LogP contribution in [0, 0.1) is 25.7 Å². The fourth-order valence-corrected chi connectivity index (χ4v) is 6.71. The molecule has 3 fully saturated rings. The second kappa shape index (κ2) is 8.01. The van der Waals surface area contributed by atoms with Crippen LogP contribution in [0.3, 0.4) is 0 Å². The minimum atomic E-state index is -0.674. The normalized spacial score (nSPS) is 30.3. The molecule has 2 saturated carbocycles. The van der Waals surface area contributed by atoms with E-state index in [0.717, 1.165) is 61.2 Å². The van der Waals surface area contributed by atoms with Gasteiger partial charge in [0.15, 0.2) is 5.82 Å². The standard InChI is InChI=1S/C27H33N5O3/c1-15-8-18-13-28-32(23(18)11-21(15)17-4-6-27(3,35)7-5-17)25-12-24(29-16(2)30-25)31-14-19-9-20(31)10-22(19)26(33)34/h8,11-13,17,19-20,22,35H,4-7,9-10,14H2,1-3H3,(H,33,34)/t17-,19?,20?,22?,27+. The molecule has 8 nitrogen and oxygen atoms in total. The average Bonchev–Trinajstić information content (AvgIpc) is 3.52. The third kappa shape index (κ3) is 3.88. The number of carbonyl (C=O) groups is 1. The van der Waals surface area contributed by atoms with Crippen molar-refractivity contribution < 1.29 is 15.0 Å². The van der Waals surface area contributed by atoms with Crippen molar-refractivity contribution in [1.29, 1.82) is 0 Å². The second-order valence-corrected chi connectivity index (χ2v) is 11.2. The highest BCUT2D eigenvalue weighted by Crippen LogP contribution is 2.44. The van der Waals surface area contributed by atoms with Crippen LogP contribution in [0.2, 0.25) is 0 Å². The lowest BCUT2D eigenvalue weighted by molar-refractivity contribution is -0.143. The molecule has 0 amide bonds. The molecule has 3 aliphatic rings. The molecule has 8 heteroatoms. The number of aliphatic carboxylic acids is 1. The quantitative estimate of drug-likeness (QED) is 0.584. The number of carboxylic acids is 1. The molecule has 2 aliphatic carbocycles. The first-order valence-electron chi connectivity index (χ1n) is 12.7. The maximum Gasteiger partial charge on any atom is 0.306 e. The molecule has 0 spiro atoms. The first kappa shape index (κ1) is 22.5. The second-order valence-electron chi connectivity index (χ2n) is 11.2. The van der Waals surface area contributed by atoms with Crippen molar-refractivity contribution in [3.05, 3.63) is 41.3 Å². The van der Waals surface area contributed by atoms with Gasteiger partial charge in [-0.2, -0.15) is 5.10 Å². The van der Waals surface area contributed by atoms with E-state index in [9.17, 15) is 15.0 Å². The number of aryl methyl sites for hydroxylation is 2. The van der Waals surface area contributed by atoms with E-state index in [-0.39, 0.29) is 17.9 Å². The summed E-state index contributed by atoms with van der Waals surface area (Å²) in [6, 6.07) is 6.68. The summed E-state index contributed by atoms with van der Waals surface area (Å²) in [6.07, 6.45) is 7.10. The molecule has 1 aromatic carbocycles. The number of aliphatic hydroxyl groups is 1. The molecular weight excluding hydrogens is 442 g/mol. The van der Waals surface area contributed by atoms with Gasteiger partial charge in [0, 0.05) is 24.0 Å². The summed E-state index contributed by atoms with van der Waals surface area (Å²) in [6.45, 7) is 6.73. The van der Waals surface area contributed by atoms with E-state index >= 15 is 0 Å². The molecule has 2 N–H and O–H groups in total. The van der Waals surface area contributed by atoms with Crippen LogP contribution in [-0.4, -0.2) is 54.1 Å². The summed E-state index contributed by atoms with van der Waals surface area (Å²) >= 11 is 0. The minimum absolute atomic E-state index is 0.184. The number of carboxylic acid groups (broad SMARTS) is 1. The van der Waals surface area contributed by atoms with Gasteiger partial charge in [-0.05, 0) is 94.4 Å². The van der Waals surface area contributed by atoms with Crippen molar-refractivity contribution in [2.75, 3.05) is 11.4 Å². The molecule has 184 valence electrons. The van der Waals surface area contributed by atoms with Gasteiger partial charge in [0.05, 0.1) is 23.2 Å². The summed E-state index contributed by atoms with van der Waals surface area (Å²) in [5.74, 6) is 1.99. The zero-order valence-corrected chi connectivity index (χ0v) is 20.6. The van der Waals surface area contributed by atoms with Gasteiger partial charge in [-0.1, -0.05) is 0 Å². The molecule has 1 saturated heterocycles. The monoisotopic (exact) mass is 475 g/mol. The highest BCUT2D eigenvalue weighted by Gasteiger charge is 2.48. The number of fused-ring (bicyclic) bond motifs is 3. The zero-order chi connectivity index (χ0) is 24.5. The lowest BCUT2D eigenvalue weighted by atomic mass is 9.76. The van der Waals surface area contributed by atoms with E-state index in [1.807, 2.05) is 30.8 Å². The van der Waals surface area contributed by atoms with E-state index in [4.69, 9.17) is 15.1 Å². The molecule has 35 heavy (non-hydrogen) atoms. The van der Waals surface area contributed by atoms with Gasteiger partial charge in [0.2, 0.25) is 0 Å². The van der Waals surface area contributed by atoms with E-state index < -0.39 is 11.6 Å². The molecule has 3 atom stereocenters. The van der Waals surface area contributed by atoms with Gasteiger partial charge >= 0.3 is 5.97 Å². The Morgan fingerprint density at radius 3 is 2.51 bits per heavy atom. The van der Waals surface area contributed by atoms with Crippen molar-refractivity contribution in [3.8, 4) is 5.82 Å². The van der Waals surface area contributed by atoms with Crippen LogP contribution in [-0.2, 0) is 4.79 Å². The lowest BCUT2D eigenvalue weighted by Crippen LogP contribution is -2.38. The number of rotatable bonds is 4. The molecular formula is C27H33N5O3. The van der Waals surface area contributed by atoms with E-state index in [2.05, 4.69) is 24.0 Å². The summed E-state index contributed by atoms with van der Waals surface area (Å²) in [7, 11) is 0. The van der Waals surface area contributed by atoms with Gasteiger partial charge in [0.1, 0.15) is 11.6 Å². The van der Waals surface area contributed by atoms with Crippen LogP contribution in [0.25, 0.3) is 16.7 Å². The maximum atomic E-state index is 11.6. The zero-order valence-electron chi connectivity index (χ0n) is 20.6. The molecule has 3 heterocycles. The lowest BCUT2D eigenvalue weighted by Gasteiger charge is -2.34. The maximum absolute atomic E-state index is 11.6. The fraction of sp³-hybridized carbons (Fsp3) is 0.556. The smallest absolute Gasteiger partial charge is 0.306 e. The van der Waals surface area contributed by atoms with Gasteiger partial charge in [0.25, 0.3) is 0 Å². The third-order valence-electron chi connectivity index (χ3n) is 8.64. The van der Waals surface area contributed by atoms with Crippen molar-refractivity contribution in [2.24, 2.45) is 11.8 Å². The predicted octanol–water partition coefficient (Wildman–Crippen LogP) is 4.14. The molecule has 6 rings (SSSR count). The molecule has 2 bridgehead atoms. The Balaban J connectivity index is 1.34. The van der Waals surface area contributed by atoms with Crippen LogP contribution >= 0.6 is 0 Å². The van der Waals surface area contributed by atoms with Crippen molar-refractivity contribution in [2.45, 2.75) is 76.9 Å². The van der Waals surface area contributed by atoms with Gasteiger partial charge in [-0.25, -0.2) is 14.6 Å². The van der Waals surface area contributed by atoms with Crippen molar-refractivity contribution in [3.63, 3.8) is 0 Å². The van der Waals surface area contributed by atoms with Crippen LogP contribution in [0.5, 0.6) is 0 Å². The SMILES string of the molecule is Cc1nc(N2CC3CC2CC3C(=O)O)cc(-n2ncc3cc(C)c([C@H]4CC[C@@](C)(O)CC4)cc32)n1. The Morgan fingerprint density at radius 2 is 1.83 bits per heavy atom. The Bertz CT molecular complexity index is 1310. The molecule has 0 radical (unpaired) electrons. The minimum Gasteiger partial charge on any atom is -0.481 e. The first-order valence-corrected chi connectivity index (χ1v) is 12.7. The Labute approximate surface area is 205 Å². The number of hydrogen-bond acceptors (Lipinski definition) is 6. The highest BCUT2D eigenvalue weighted by molar-refractivity contribution is 5.82. The summed E-state index contributed by atoms with van der Waals surface area (Å²) < 4.78 is 1.91. The van der Waals surface area contributed by atoms with Crippen LogP contribution in [0.4, 0.5) is 5.82 Å². The van der Waals surface area contributed by atoms with Gasteiger partial charge in [-0.3, -0.25) is 4.79 Å². The molecule has 3 aromatic rings. The average molecular weight is 476 g/mol. The fourth-order valence-electron chi connectivity index (χ4n) is 6.71. The number of aromatic nitrogens is 4. The molecule has 1 aliphatic heterocycles. The molecule has 2 aromatic heterocycles. The van der Waals surface area contributed by atoms with Crippen LogP contribution in [0.1, 0.15) is 68.3 Å². The summed E-state index contributed by atoms with van der Waals surface area (Å²) in [5.41, 5.74) is 3.08. The van der Waals surface area contributed by atoms with Crippen LogP contribution in [0.15, 0.2) is 24.4 Å².